The van der Waals surface area contributed by atoms with E-state index in [9.17, 15) is 9.59 Å². The van der Waals surface area contributed by atoms with Crippen LogP contribution in [0, 0.1) is 5.92 Å². The predicted molar refractivity (Wildman–Crippen MR) is 93.7 cm³/mol. The van der Waals surface area contributed by atoms with Crippen molar-refractivity contribution in [3.05, 3.63) is 29.8 Å². The van der Waals surface area contributed by atoms with Crippen LogP contribution in [0.1, 0.15) is 32.3 Å². The highest BCUT2D eigenvalue weighted by molar-refractivity contribution is 5.98. The van der Waals surface area contributed by atoms with Crippen LogP contribution in [0.4, 0.5) is 10.5 Å². The van der Waals surface area contributed by atoms with E-state index in [1.807, 2.05) is 38.1 Å². The summed E-state index contributed by atoms with van der Waals surface area (Å²) in [4.78, 5) is 27.4. The molecule has 1 aromatic carbocycles. The van der Waals surface area contributed by atoms with Crippen LogP contribution in [0.25, 0.3) is 0 Å². The summed E-state index contributed by atoms with van der Waals surface area (Å²) in [6.07, 6.45) is 1.76. The fourth-order valence-corrected chi connectivity index (χ4v) is 3.43. The zero-order valence-corrected chi connectivity index (χ0v) is 14.3. The Kier molecular flexibility index (Phi) is 5.04. The lowest BCUT2D eigenvalue weighted by Crippen LogP contribution is -2.54. The number of carbonyl (C=O) groups excluding carboxylic acids is 2. The number of nitrogens with one attached hydrogen (secondary N) is 3. The molecule has 3 unspecified atom stereocenters. The van der Waals surface area contributed by atoms with Gasteiger partial charge in [0, 0.05) is 18.3 Å². The minimum Gasteiger partial charge on any atom is -0.334 e. The number of fused-ring (bicyclic) bond motifs is 1. The van der Waals surface area contributed by atoms with Gasteiger partial charge in [-0.3, -0.25) is 4.79 Å². The molecule has 2 aliphatic heterocycles. The fraction of sp³-hybridized carbons (Fsp3) is 0.556. The van der Waals surface area contributed by atoms with Crippen molar-refractivity contribution in [2.45, 2.75) is 45.3 Å². The van der Waals surface area contributed by atoms with E-state index in [0.29, 0.717) is 6.54 Å². The second-order valence-corrected chi connectivity index (χ2v) is 6.74. The lowest BCUT2D eigenvalue weighted by atomic mass is 9.97. The lowest BCUT2D eigenvalue weighted by Gasteiger charge is -2.33. The number of benzene rings is 1. The van der Waals surface area contributed by atoms with Crippen LogP contribution in [0.15, 0.2) is 24.3 Å². The number of anilines is 1. The Morgan fingerprint density at radius 2 is 2.21 bits per heavy atom. The second-order valence-electron chi connectivity index (χ2n) is 6.74. The van der Waals surface area contributed by atoms with Crippen molar-refractivity contribution < 1.29 is 9.59 Å². The molecule has 3 N–H and O–H groups in total. The molecular weight excluding hydrogens is 304 g/mol. The molecule has 0 radical (unpaired) electrons. The number of carbonyl (C=O) groups is 2. The SMILES string of the molecule is CCC(C)C1C(=O)Nc2ccccc2CN1C(=O)NC1CCNC1. The Hall–Kier alpha value is -2.08. The van der Waals surface area contributed by atoms with E-state index in [1.54, 1.807) is 4.90 Å². The summed E-state index contributed by atoms with van der Waals surface area (Å²) >= 11 is 0. The third-order valence-electron chi connectivity index (χ3n) is 5.05. The Morgan fingerprint density at radius 1 is 1.42 bits per heavy atom. The largest absolute Gasteiger partial charge is 0.334 e. The van der Waals surface area contributed by atoms with Gasteiger partial charge in [-0.25, -0.2) is 4.79 Å². The molecular formula is C18H26N4O2. The van der Waals surface area contributed by atoms with Crippen LogP contribution in [-0.2, 0) is 11.3 Å². The Labute approximate surface area is 143 Å². The van der Waals surface area contributed by atoms with Crippen LogP contribution in [-0.4, -0.2) is 42.0 Å². The van der Waals surface area contributed by atoms with Gasteiger partial charge in [-0.05, 0) is 30.5 Å². The van der Waals surface area contributed by atoms with Crippen molar-refractivity contribution in [3.63, 3.8) is 0 Å². The average Bonchev–Trinajstić information content (AvgIpc) is 3.02. The lowest BCUT2D eigenvalue weighted by molar-refractivity contribution is -0.121. The van der Waals surface area contributed by atoms with Gasteiger partial charge in [0.2, 0.25) is 5.91 Å². The van der Waals surface area contributed by atoms with Gasteiger partial charge in [-0.1, -0.05) is 38.5 Å². The molecule has 3 rings (SSSR count). The smallest absolute Gasteiger partial charge is 0.318 e. The summed E-state index contributed by atoms with van der Waals surface area (Å²) in [5.41, 5.74) is 1.77. The maximum atomic E-state index is 12.9. The van der Waals surface area contributed by atoms with Crippen molar-refractivity contribution >= 4 is 17.6 Å². The first-order valence-electron chi connectivity index (χ1n) is 8.76. The number of hydrogen-bond acceptors (Lipinski definition) is 3. The van der Waals surface area contributed by atoms with Gasteiger partial charge in [-0.15, -0.1) is 0 Å². The number of rotatable bonds is 3. The molecule has 130 valence electrons. The molecule has 6 nitrogen and oxygen atoms in total. The summed E-state index contributed by atoms with van der Waals surface area (Å²) < 4.78 is 0. The number of para-hydroxylation sites is 1. The van der Waals surface area contributed by atoms with Gasteiger partial charge in [0.25, 0.3) is 0 Å². The molecule has 6 heteroatoms. The first-order valence-corrected chi connectivity index (χ1v) is 8.76. The summed E-state index contributed by atoms with van der Waals surface area (Å²) in [5, 5.41) is 9.32. The molecule has 1 aromatic rings. The molecule has 0 aliphatic carbocycles. The number of hydrogen-bond donors (Lipinski definition) is 3. The summed E-state index contributed by atoms with van der Waals surface area (Å²) in [5.74, 6) is -0.0132. The normalized spacial score (nSPS) is 24.8. The molecule has 2 aliphatic rings. The highest BCUT2D eigenvalue weighted by atomic mass is 16.2. The van der Waals surface area contributed by atoms with Gasteiger partial charge in [0.15, 0.2) is 0 Å². The van der Waals surface area contributed by atoms with E-state index in [4.69, 9.17) is 0 Å². The van der Waals surface area contributed by atoms with Crippen molar-refractivity contribution in [2.24, 2.45) is 5.92 Å². The van der Waals surface area contributed by atoms with Gasteiger partial charge in [0.1, 0.15) is 6.04 Å². The maximum Gasteiger partial charge on any atom is 0.318 e. The van der Waals surface area contributed by atoms with E-state index in [1.165, 1.54) is 0 Å². The molecule has 2 heterocycles. The highest BCUT2D eigenvalue weighted by Gasteiger charge is 2.37. The van der Waals surface area contributed by atoms with E-state index in [-0.39, 0.29) is 23.9 Å². The molecule has 3 atom stereocenters. The minimum atomic E-state index is -0.461. The molecule has 3 amide bonds. The third-order valence-corrected chi connectivity index (χ3v) is 5.05. The van der Waals surface area contributed by atoms with Crippen LogP contribution < -0.4 is 16.0 Å². The fourth-order valence-electron chi connectivity index (χ4n) is 3.43. The van der Waals surface area contributed by atoms with Gasteiger partial charge in [-0.2, -0.15) is 0 Å². The Morgan fingerprint density at radius 3 is 2.92 bits per heavy atom. The van der Waals surface area contributed by atoms with Crippen LogP contribution in [0.3, 0.4) is 0 Å². The topological polar surface area (TPSA) is 73.5 Å². The van der Waals surface area contributed by atoms with E-state index in [2.05, 4.69) is 16.0 Å². The van der Waals surface area contributed by atoms with Crippen molar-refractivity contribution in [3.8, 4) is 0 Å². The van der Waals surface area contributed by atoms with E-state index >= 15 is 0 Å². The van der Waals surface area contributed by atoms with Gasteiger partial charge >= 0.3 is 6.03 Å². The van der Waals surface area contributed by atoms with Gasteiger partial charge in [0.05, 0.1) is 6.54 Å². The summed E-state index contributed by atoms with van der Waals surface area (Å²) in [7, 11) is 0. The monoisotopic (exact) mass is 330 g/mol. The number of amides is 3. The van der Waals surface area contributed by atoms with Gasteiger partial charge < -0.3 is 20.9 Å². The van der Waals surface area contributed by atoms with E-state index < -0.39 is 6.04 Å². The van der Waals surface area contributed by atoms with Crippen LogP contribution >= 0.6 is 0 Å². The molecule has 0 spiro atoms. The minimum absolute atomic E-state index is 0.0896. The standard InChI is InChI=1S/C18H26N4O2/c1-3-12(2)16-17(23)21-15-7-5-4-6-13(15)11-22(16)18(24)20-14-8-9-19-10-14/h4-7,12,14,16,19H,3,8-11H2,1-2H3,(H,20,24)(H,21,23). The van der Waals surface area contributed by atoms with Crippen molar-refractivity contribution in [1.82, 2.24) is 15.5 Å². The predicted octanol–water partition coefficient (Wildman–Crippen LogP) is 1.93. The first-order chi connectivity index (χ1) is 11.6. The maximum absolute atomic E-state index is 12.9. The zero-order valence-electron chi connectivity index (χ0n) is 14.3. The van der Waals surface area contributed by atoms with Crippen LogP contribution in [0.5, 0.6) is 0 Å². The quantitative estimate of drug-likeness (QED) is 0.793. The van der Waals surface area contributed by atoms with E-state index in [0.717, 1.165) is 37.2 Å². The van der Waals surface area contributed by atoms with Crippen molar-refractivity contribution in [2.75, 3.05) is 18.4 Å². The summed E-state index contributed by atoms with van der Waals surface area (Å²) in [6.45, 7) is 6.22. The average molecular weight is 330 g/mol. The molecule has 1 fully saturated rings. The Balaban J connectivity index is 1.88. The Bertz CT molecular complexity index is 613. The molecule has 0 aromatic heterocycles. The second kappa shape index (κ2) is 7.21. The number of nitrogens with zero attached hydrogens (tertiary/aromatic N) is 1. The molecule has 1 saturated heterocycles. The van der Waals surface area contributed by atoms with Crippen molar-refractivity contribution in [1.29, 1.82) is 0 Å². The number of urea groups is 1. The highest BCUT2D eigenvalue weighted by Crippen LogP contribution is 2.27. The third kappa shape index (κ3) is 3.38. The first kappa shape index (κ1) is 16.8. The molecule has 0 saturated carbocycles. The summed E-state index contributed by atoms with van der Waals surface area (Å²) in [6, 6.07) is 7.21. The molecule has 24 heavy (non-hydrogen) atoms. The van der Waals surface area contributed by atoms with Crippen LogP contribution in [0.2, 0.25) is 0 Å². The zero-order chi connectivity index (χ0) is 17.1. The molecule has 0 bridgehead atoms.